The molecule has 3 nitrogen and oxygen atoms in total. The number of rotatable bonds is 3. The first-order valence-corrected chi connectivity index (χ1v) is 6.37. The SMILES string of the molecule is Cc1ccc(C)c(-c2nc(C(C)CN)[nH]c2C)c1. The summed E-state index contributed by atoms with van der Waals surface area (Å²) < 4.78 is 0. The van der Waals surface area contributed by atoms with Gasteiger partial charge in [0.05, 0.1) is 5.69 Å². The van der Waals surface area contributed by atoms with Crippen LogP contribution in [0.2, 0.25) is 0 Å². The second-order valence-electron chi connectivity index (χ2n) is 5.05. The van der Waals surface area contributed by atoms with E-state index in [2.05, 4.69) is 50.9 Å². The van der Waals surface area contributed by atoms with Crippen LogP contribution in [0.25, 0.3) is 11.3 Å². The molecule has 0 aliphatic heterocycles. The summed E-state index contributed by atoms with van der Waals surface area (Å²) >= 11 is 0. The minimum atomic E-state index is 0.266. The fraction of sp³-hybridized carbons (Fsp3) is 0.400. The molecule has 1 heterocycles. The molecule has 1 atom stereocenters. The summed E-state index contributed by atoms with van der Waals surface area (Å²) in [6.07, 6.45) is 0. The Hall–Kier alpha value is -1.61. The van der Waals surface area contributed by atoms with Crippen molar-refractivity contribution in [3.63, 3.8) is 0 Å². The van der Waals surface area contributed by atoms with Crippen LogP contribution in [-0.4, -0.2) is 16.5 Å². The van der Waals surface area contributed by atoms with E-state index in [-0.39, 0.29) is 5.92 Å². The highest BCUT2D eigenvalue weighted by Gasteiger charge is 2.14. The fourth-order valence-electron chi connectivity index (χ4n) is 2.08. The van der Waals surface area contributed by atoms with Gasteiger partial charge in [0.2, 0.25) is 0 Å². The maximum Gasteiger partial charge on any atom is 0.111 e. The van der Waals surface area contributed by atoms with Gasteiger partial charge in [0, 0.05) is 23.7 Å². The molecule has 2 rings (SSSR count). The average Bonchev–Trinajstić information content (AvgIpc) is 2.73. The third-order valence-corrected chi connectivity index (χ3v) is 3.37. The number of nitrogens with one attached hydrogen (secondary N) is 1. The van der Waals surface area contributed by atoms with Crippen LogP contribution in [0.3, 0.4) is 0 Å². The van der Waals surface area contributed by atoms with Crippen molar-refractivity contribution >= 4 is 0 Å². The monoisotopic (exact) mass is 243 g/mol. The highest BCUT2D eigenvalue weighted by Crippen LogP contribution is 2.27. The average molecular weight is 243 g/mol. The number of nitrogens with two attached hydrogens (primary N) is 1. The Morgan fingerprint density at radius 2 is 2.00 bits per heavy atom. The fourth-order valence-corrected chi connectivity index (χ4v) is 2.08. The summed E-state index contributed by atoms with van der Waals surface area (Å²) in [4.78, 5) is 8.07. The van der Waals surface area contributed by atoms with Crippen molar-refractivity contribution in [2.45, 2.75) is 33.6 Å². The molecule has 1 aromatic heterocycles. The summed E-state index contributed by atoms with van der Waals surface area (Å²) in [5.41, 5.74) is 11.6. The van der Waals surface area contributed by atoms with E-state index >= 15 is 0 Å². The van der Waals surface area contributed by atoms with Gasteiger partial charge in [-0.25, -0.2) is 4.98 Å². The Balaban J connectivity index is 2.50. The predicted molar refractivity (Wildman–Crippen MR) is 75.7 cm³/mol. The van der Waals surface area contributed by atoms with Crippen molar-refractivity contribution in [1.29, 1.82) is 0 Å². The number of aromatic amines is 1. The molecular weight excluding hydrogens is 222 g/mol. The Morgan fingerprint density at radius 1 is 1.28 bits per heavy atom. The van der Waals surface area contributed by atoms with Crippen molar-refractivity contribution < 1.29 is 0 Å². The van der Waals surface area contributed by atoms with Crippen molar-refractivity contribution in [3.8, 4) is 11.3 Å². The van der Waals surface area contributed by atoms with Gasteiger partial charge >= 0.3 is 0 Å². The highest BCUT2D eigenvalue weighted by atomic mass is 14.9. The number of nitrogens with zero attached hydrogens (tertiary/aromatic N) is 1. The lowest BCUT2D eigenvalue weighted by Gasteiger charge is -2.05. The molecular formula is C15H21N3. The topological polar surface area (TPSA) is 54.7 Å². The molecule has 0 aliphatic carbocycles. The van der Waals surface area contributed by atoms with Crippen LogP contribution >= 0.6 is 0 Å². The first-order valence-electron chi connectivity index (χ1n) is 6.37. The number of imidazole rings is 1. The molecule has 3 N–H and O–H groups in total. The first-order chi connectivity index (χ1) is 8.52. The highest BCUT2D eigenvalue weighted by molar-refractivity contribution is 5.66. The van der Waals surface area contributed by atoms with Crippen LogP contribution in [0, 0.1) is 20.8 Å². The van der Waals surface area contributed by atoms with Crippen molar-refractivity contribution in [3.05, 3.63) is 40.8 Å². The Bertz CT molecular complexity index is 555. The molecule has 0 fully saturated rings. The lowest BCUT2D eigenvalue weighted by Crippen LogP contribution is -2.10. The van der Waals surface area contributed by atoms with Crippen LogP contribution < -0.4 is 5.73 Å². The second-order valence-corrected chi connectivity index (χ2v) is 5.05. The van der Waals surface area contributed by atoms with Gasteiger partial charge < -0.3 is 10.7 Å². The molecule has 2 aromatic rings. The van der Waals surface area contributed by atoms with Gasteiger partial charge in [0.1, 0.15) is 5.82 Å². The standard InChI is InChI=1S/C15H21N3/c1-9-5-6-10(2)13(7-9)14-12(4)17-15(18-14)11(3)8-16/h5-7,11H,8,16H2,1-4H3,(H,17,18). The van der Waals surface area contributed by atoms with E-state index in [0.717, 1.165) is 17.2 Å². The van der Waals surface area contributed by atoms with Gasteiger partial charge in [-0.15, -0.1) is 0 Å². The molecule has 0 bridgehead atoms. The summed E-state index contributed by atoms with van der Waals surface area (Å²) in [5, 5.41) is 0. The number of hydrogen-bond donors (Lipinski definition) is 2. The molecule has 0 radical (unpaired) electrons. The quantitative estimate of drug-likeness (QED) is 0.870. The molecule has 0 spiro atoms. The molecule has 0 saturated heterocycles. The van der Waals surface area contributed by atoms with Gasteiger partial charge in [-0.05, 0) is 32.4 Å². The summed E-state index contributed by atoms with van der Waals surface area (Å²) in [6.45, 7) is 8.99. The zero-order valence-electron chi connectivity index (χ0n) is 11.5. The van der Waals surface area contributed by atoms with Gasteiger partial charge in [-0.2, -0.15) is 0 Å². The number of aromatic nitrogens is 2. The molecule has 0 saturated carbocycles. The third-order valence-electron chi connectivity index (χ3n) is 3.37. The Morgan fingerprint density at radius 3 is 2.67 bits per heavy atom. The minimum Gasteiger partial charge on any atom is -0.345 e. The molecule has 1 aromatic carbocycles. The van der Waals surface area contributed by atoms with E-state index in [1.54, 1.807) is 0 Å². The third kappa shape index (κ3) is 2.31. The summed E-state index contributed by atoms with van der Waals surface area (Å²) in [7, 11) is 0. The first kappa shape index (κ1) is 12.8. The molecule has 1 unspecified atom stereocenters. The van der Waals surface area contributed by atoms with Gasteiger partial charge in [0.15, 0.2) is 0 Å². The lowest BCUT2D eigenvalue weighted by molar-refractivity contribution is 0.723. The van der Waals surface area contributed by atoms with E-state index in [4.69, 9.17) is 10.7 Å². The normalized spacial score (nSPS) is 12.7. The van der Waals surface area contributed by atoms with E-state index in [1.165, 1.54) is 16.7 Å². The molecule has 0 aliphatic rings. The largest absolute Gasteiger partial charge is 0.345 e. The van der Waals surface area contributed by atoms with E-state index < -0.39 is 0 Å². The Kier molecular flexibility index (Phi) is 3.53. The Labute approximate surface area is 108 Å². The maximum atomic E-state index is 5.70. The van der Waals surface area contributed by atoms with Crippen LogP contribution in [0.4, 0.5) is 0 Å². The van der Waals surface area contributed by atoms with E-state index in [0.29, 0.717) is 6.54 Å². The van der Waals surface area contributed by atoms with Crippen LogP contribution in [0.15, 0.2) is 18.2 Å². The molecule has 0 amide bonds. The summed E-state index contributed by atoms with van der Waals surface area (Å²) in [5.74, 6) is 1.24. The summed E-state index contributed by atoms with van der Waals surface area (Å²) in [6, 6.07) is 6.46. The zero-order chi connectivity index (χ0) is 13.3. The van der Waals surface area contributed by atoms with Crippen LogP contribution in [0.5, 0.6) is 0 Å². The van der Waals surface area contributed by atoms with Crippen molar-refractivity contribution in [2.75, 3.05) is 6.54 Å². The number of H-pyrrole nitrogens is 1. The van der Waals surface area contributed by atoms with Gasteiger partial charge in [0.25, 0.3) is 0 Å². The van der Waals surface area contributed by atoms with Crippen molar-refractivity contribution in [2.24, 2.45) is 5.73 Å². The lowest BCUT2D eigenvalue weighted by atomic mass is 10.0. The maximum absolute atomic E-state index is 5.70. The number of aryl methyl sites for hydroxylation is 3. The van der Waals surface area contributed by atoms with Crippen LogP contribution in [0.1, 0.15) is 35.5 Å². The zero-order valence-corrected chi connectivity index (χ0v) is 11.5. The van der Waals surface area contributed by atoms with Gasteiger partial charge in [-0.1, -0.05) is 24.6 Å². The minimum absolute atomic E-state index is 0.266. The smallest absolute Gasteiger partial charge is 0.111 e. The van der Waals surface area contributed by atoms with Crippen molar-refractivity contribution in [1.82, 2.24) is 9.97 Å². The molecule has 3 heteroatoms. The predicted octanol–water partition coefficient (Wildman–Crippen LogP) is 3.06. The molecule has 96 valence electrons. The van der Waals surface area contributed by atoms with E-state index in [1.807, 2.05) is 0 Å². The van der Waals surface area contributed by atoms with E-state index in [9.17, 15) is 0 Å². The second kappa shape index (κ2) is 4.94. The number of benzene rings is 1. The molecule has 18 heavy (non-hydrogen) atoms. The van der Waals surface area contributed by atoms with Gasteiger partial charge in [-0.3, -0.25) is 0 Å². The van der Waals surface area contributed by atoms with Crippen LogP contribution in [-0.2, 0) is 0 Å². The number of hydrogen-bond acceptors (Lipinski definition) is 2.